The maximum Gasteiger partial charge on any atom is 0.237 e. The summed E-state index contributed by atoms with van der Waals surface area (Å²) in [6, 6.07) is 10.2. The Balaban J connectivity index is 1.81. The molecule has 1 fully saturated rings. The van der Waals surface area contributed by atoms with E-state index in [0.29, 0.717) is 6.54 Å². The van der Waals surface area contributed by atoms with E-state index in [2.05, 4.69) is 36.6 Å². The molecule has 0 spiro atoms. The molecule has 0 aliphatic carbocycles. The van der Waals surface area contributed by atoms with Crippen LogP contribution in [0.3, 0.4) is 0 Å². The van der Waals surface area contributed by atoms with Gasteiger partial charge in [-0.05, 0) is 36.8 Å². The normalized spacial score (nSPS) is 21.9. The predicted octanol–water partition coefficient (Wildman–Crippen LogP) is 2.12. The minimum atomic E-state index is -0.0583. The molecule has 1 heterocycles. The minimum Gasteiger partial charge on any atom is -0.354 e. The quantitative estimate of drug-likeness (QED) is 0.870. The molecule has 2 N–H and O–H groups in total. The lowest BCUT2D eigenvalue weighted by Crippen LogP contribution is -2.55. The third-order valence-corrected chi connectivity index (χ3v) is 3.95. The molecule has 1 atom stereocenters. The highest BCUT2D eigenvalue weighted by Gasteiger charge is 2.36. The van der Waals surface area contributed by atoms with Gasteiger partial charge in [-0.2, -0.15) is 0 Å². The molecule has 0 aromatic heterocycles. The molecule has 1 amide bonds. The standard InChI is InChI=1S/C16H24N2O/c1-16(2)10-6-11-17-14(16)15(19)18-12-9-13-7-4-3-5-8-13/h3-5,7-8,14,17H,6,9-12H2,1-2H3,(H,18,19). The first-order valence-electron chi connectivity index (χ1n) is 7.15. The number of hydrogen-bond donors (Lipinski definition) is 2. The Hall–Kier alpha value is -1.35. The van der Waals surface area contributed by atoms with Crippen LogP contribution < -0.4 is 10.6 Å². The maximum atomic E-state index is 12.2. The second-order valence-electron chi connectivity index (χ2n) is 6.01. The number of carbonyl (C=O) groups excluding carboxylic acids is 1. The number of hydrogen-bond acceptors (Lipinski definition) is 2. The SMILES string of the molecule is CC1(C)CCCNC1C(=O)NCCc1ccccc1. The molecule has 0 radical (unpaired) electrons. The largest absolute Gasteiger partial charge is 0.354 e. The van der Waals surface area contributed by atoms with Gasteiger partial charge in [0.2, 0.25) is 5.91 Å². The first-order chi connectivity index (χ1) is 9.09. The van der Waals surface area contributed by atoms with Crippen molar-refractivity contribution in [1.82, 2.24) is 10.6 Å². The van der Waals surface area contributed by atoms with Gasteiger partial charge in [0.25, 0.3) is 0 Å². The fourth-order valence-corrected chi connectivity index (χ4v) is 2.74. The van der Waals surface area contributed by atoms with E-state index >= 15 is 0 Å². The van der Waals surface area contributed by atoms with Crippen molar-refractivity contribution in [3.05, 3.63) is 35.9 Å². The van der Waals surface area contributed by atoms with Gasteiger partial charge in [-0.15, -0.1) is 0 Å². The molecule has 1 aliphatic heterocycles. The Morgan fingerprint density at radius 2 is 2.11 bits per heavy atom. The average molecular weight is 260 g/mol. The van der Waals surface area contributed by atoms with Crippen molar-refractivity contribution in [3.8, 4) is 0 Å². The summed E-state index contributed by atoms with van der Waals surface area (Å²) < 4.78 is 0. The van der Waals surface area contributed by atoms with Crippen molar-refractivity contribution in [1.29, 1.82) is 0 Å². The Bertz CT molecular complexity index is 414. The summed E-state index contributed by atoms with van der Waals surface area (Å²) in [4.78, 5) is 12.2. The highest BCUT2D eigenvalue weighted by Crippen LogP contribution is 2.29. The molecule has 0 saturated carbocycles. The minimum absolute atomic E-state index is 0.0507. The molecule has 2 rings (SSSR count). The van der Waals surface area contributed by atoms with Crippen LogP contribution in [-0.2, 0) is 11.2 Å². The van der Waals surface area contributed by atoms with E-state index < -0.39 is 0 Å². The van der Waals surface area contributed by atoms with Crippen molar-refractivity contribution in [2.45, 2.75) is 39.2 Å². The van der Waals surface area contributed by atoms with Crippen LogP contribution in [0.25, 0.3) is 0 Å². The number of amides is 1. The van der Waals surface area contributed by atoms with Crippen LogP contribution in [0.1, 0.15) is 32.3 Å². The van der Waals surface area contributed by atoms with Gasteiger partial charge in [-0.25, -0.2) is 0 Å². The first kappa shape index (κ1) is 14.1. The van der Waals surface area contributed by atoms with Crippen LogP contribution in [0.5, 0.6) is 0 Å². The summed E-state index contributed by atoms with van der Waals surface area (Å²) in [6.45, 7) is 5.98. The summed E-state index contributed by atoms with van der Waals surface area (Å²) in [5, 5.41) is 6.40. The highest BCUT2D eigenvalue weighted by atomic mass is 16.2. The molecular formula is C16H24N2O. The van der Waals surface area contributed by atoms with Crippen molar-refractivity contribution >= 4 is 5.91 Å². The van der Waals surface area contributed by atoms with E-state index in [1.54, 1.807) is 0 Å². The molecule has 1 aliphatic rings. The van der Waals surface area contributed by atoms with Crippen LogP contribution in [0, 0.1) is 5.41 Å². The Labute approximate surface area is 115 Å². The maximum absolute atomic E-state index is 12.2. The summed E-state index contributed by atoms with van der Waals surface area (Å²) >= 11 is 0. The van der Waals surface area contributed by atoms with Crippen LogP contribution in [0.15, 0.2) is 30.3 Å². The molecule has 1 aromatic rings. The average Bonchev–Trinajstić information content (AvgIpc) is 2.39. The van der Waals surface area contributed by atoms with Gasteiger partial charge in [0.15, 0.2) is 0 Å². The van der Waals surface area contributed by atoms with Gasteiger partial charge in [-0.3, -0.25) is 4.79 Å². The van der Waals surface area contributed by atoms with Gasteiger partial charge < -0.3 is 10.6 Å². The highest BCUT2D eigenvalue weighted by molar-refractivity contribution is 5.82. The second-order valence-corrected chi connectivity index (χ2v) is 6.01. The molecule has 3 nitrogen and oxygen atoms in total. The molecule has 1 saturated heterocycles. The number of piperidine rings is 1. The van der Waals surface area contributed by atoms with E-state index in [4.69, 9.17) is 0 Å². The van der Waals surface area contributed by atoms with E-state index in [0.717, 1.165) is 25.8 Å². The molecule has 0 bridgehead atoms. The topological polar surface area (TPSA) is 41.1 Å². The molecular weight excluding hydrogens is 236 g/mol. The van der Waals surface area contributed by atoms with E-state index in [1.165, 1.54) is 5.56 Å². The van der Waals surface area contributed by atoms with Crippen molar-refractivity contribution in [3.63, 3.8) is 0 Å². The predicted molar refractivity (Wildman–Crippen MR) is 78.0 cm³/mol. The fraction of sp³-hybridized carbons (Fsp3) is 0.562. The van der Waals surface area contributed by atoms with Crippen LogP contribution in [0.2, 0.25) is 0 Å². The van der Waals surface area contributed by atoms with E-state index in [9.17, 15) is 4.79 Å². The zero-order valence-electron chi connectivity index (χ0n) is 11.9. The molecule has 19 heavy (non-hydrogen) atoms. The van der Waals surface area contributed by atoms with Crippen LogP contribution in [0.4, 0.5) is 0 Å². The number of carbonyl (C=O) groups is 1. The van der Waals surface area contributed by atoms with Crippen LogP contribution >= 0.6 is 0 Å². The molecule has 3 heteroatoms. The first-order valence-corrected chi connectivity index (χ1v) is 7.15. The lowest BCUT2D eigenvalue weighted by atomic mass is 9.77. The zero-order valence-corrected chi connectivity index (χ0v) is 11.9. The van der Waals surface area contributed by atoms with E-state index in [-0.39, 0.29) is 17.4 Å². The van der Waals surface area contributed by atoms with E-state index in [1.807, 2.05) is 18.2 Å². The number of benzene rings is 1. The zero-order chi connectivity index (χ0) is 13.7. The van der Waals surface area contributed by atoms with Gasteiger partial charge in [-0.1, -0.05) is 44.2 Å². The fourth-order valence-electron chi connectivity index (χ4n) is 2.74. The van der Waals surface area contributed by atoms with Crippen LogP contribution in [-0.4, -0.2) is 25.0 Å². The summed E-state index contributed by atoms with van der Waals surface area (Å²) in [7, 11) is 0. The third-order valence-electron chi connectivity index (χ3n) is 3.95. The second kappa shape index (κ2) is 6.20. The summed E-state index contributed by atoms with van der Waals surface area (Å²) in [5.74, 6) is 0.139. The van der Waals surface area contributed by atoms with Gasteiger partial charge in [0, 0.05) is 6.54 Å². The Kier molecular flexibility index (Phi) is 4.59. The Morgan fingerprint density at radius 3 is 2.79 bits per heavy atom. The van der Waals surface area contributed by atoms with Gasteiger partial charge >= 0.3 is 0 Å². The molecule has 1 unspecified atom stereocenters. The Morgan fingerprint density at radius 1 is 1.37 bits per heavy atom. The lowest BCUT2D eigenvalue weighted by Gasteiger charge is -2.38. The molecule has 104 valence electrons. The summed E-state index contributed by atoms with van der Waals surface area (Å²) in [6.07, 6.45) is 3.15. The van der Waals surface area contributed by atoms with Crippen molar-refractivity contribution in [2.75, 3.05) is 13.1 Å². The molecule has 1 aromatic carbocycles. The smallest absolute Gasteiger partial charge is 0.237 e. The van der Waals surface area contributed by atoms with Crippen molar-refractivity contribution < 1.29 is 4.79 Å². The summed E-state index contributed by atoms with van der Waals surface area (Å²) in [5.41, 5.74) is 1.31. The van der Waals surface area contributed by atoms with Crippen molar-refractivity contribution in [2.24, 2.45) is 5.41 Å². The van der Waals surface area contributed by atoms with Gasteiger partial charge in [0.05, 0.1) is 6.04 Å². The lowest BCUT2D eigenvalue weighted by molar-refractivity contribution is -0.126. The number of nitrogens with one attached hydrogen (secondary N) is 2. The monoisotopic (exact) mass is 260 g/mol. The number of rotatable bonds is 4. The van der Waals surface area contributed by atoms with Gasteiger partial charge in [0.1, 0.15) is 0 Å². The third kappa shape index (κ3) is 3.80.